The van der Waals surface area contributed by atoms with E-state index in [4.69, 9.17) is 4.74 Å². The molecular weight excluding hydrogens is 278 g/mol. The maximum Gasteiger partial charge on any atom is 0.237 e. The molecule has 2 N–H and O–H groups in total. The van der Waals surface area contributed by atoms with Crippen LogP contribution in [0.3, 0.4) is 0 Å². The van der Waals surface area contributed by atoms with E-state index in [9.17, 15) is 5.11 Å². The summed E-state index contributed by atoms with van der Waals surface area (Å²) in [4.78, 5) is 8.04. The Morgan fingerprint density at radius 1 is 1.14 bits per heavy atom. The minimum atomic E-state index is -0.200. The van der Waals surface area contributed by atoms with Crippen LogP contribution in [0.4, 0.5) is 0 Å². The average molecular weight is 301 g/mol. The summed E-state index contributed by atoms with van der Waals surface area (Å²) in [5.74, 6) is 1.20. The Labute approximate surface area is 131 Å². The second-order valence-electron chi connectivity index (χ2n) is 5.29. The van der Waals surface area contributed by atoms with Crippen molar-refractivity contribution >= 4 is 0 Å². The highest BCUT2D eigenvalue weighted by molar-refractivity contribution is 5.29. The van der Waals surface area contributed by atoms with Gasteiger partial charge in [0.1, 0.15) is 5.75 Å². The number of nitrogens with zero attached hydrogens (tertiary/aromatic N) is 2. The molecule has 5 heteroatoms. The maximum absolute atomic E-state index is 9.57. The van der Waals surface area contributed by atoms with Crippen LogP contribution in [0.2, 0.25) is 0 Å². The zero-order valence-corrected chi connectivity index (χ0v) is 13.1. The lowest BCUT2D eigenvalue weighted by Gasteiger charge is -2.31. The van der Waals surface area contributed by atoms with E-state index in [-0.39, 0.29) is 12.1 Å². The summed E-state index contributed by atoms with van der Waals surface area (Å²) in [5.41, 5.74) is 0.945. The molecule has 0 radical (unpaired) electrons. The van der Waals surface area contributed by atoms with Crippen LogP contribution < -0.4 is 10.1 Å². The van der Waals surface area contributed by atoms with Gasteiger partial charge in [-0.05, 0) is 30.5 Å². The van der Waals surface area contributed by atoms with E-state index in [1.54, 1.807) is 18.6 Å². The number of benzene rings is 1. The first-order valence-corrected chi connectivity index (χ1v) is 7.60. The second kappa shape index (κ2) is 7.87. The van der Waals surface area contributed by atoms with Gasteiger partial charge in [-0.15, -0.1) is 0 Å². The minimum absolute atomic E-state index is 0.147. The molecule has 0 atom stereocenters. The zero-order valence-electron chi connectivity index (χ0n) is 13.1. The van der Waals surface area contributed by atoms with Crippen LogP contribution >= 0.6 is 0 Å². The van der Waals surface area contributed by atoms with Crippen molar-refractivity contribution in [2.75, 3.05) is 6.61 Å². The van der Waals surface area contributed by atoms with Gasteiger partial charge in [-0.3, -0.25) is 4.98 Å². The SMILES string of the molecule is CCC(CC)(CO)NCc1ccc(Oc2cnccn2)cc1. The van der Waals surface area contributed by atoms with Crippen molar-refractivity contribution in [2.45, 2.75) is 38.8 Å². The molecule has 0 aliphatic rings. The normalized spacial score (nSPS) is 11.4. The van der Waals surface area contributed by atoms with Gasteiger partial charge < -0.3 is 15.2 Å². The van der Waals surface area contributed by atoms with Crippen LogP contribution in [0, 0.1) is 0 Å². The van der Waals surface area contributed by atoms with Crippen molar-refractivity contribution in [3.63, 3.8) is 0 Å². The molecule has 1 heterocycles. The number of ether oxygens (including phenoxy) is 1. The summed E-state index contributed by atoms with van der Waals surface area (Å²) in [5, 5.41) is 13.0. The molecule has 22 heavy (non-hydrogen) atoms. The van der Waals surface area contributed by atoms with Crippen molar-refractivity contribution in [3.05, 3.63) is 48.4 Å². The Hall–Kier alpha value is -1.98. The lowest BCUT2D eigenvalue weighted by atomic mass is 9.93. The summed E-state index contributed by atoms with van der Waals surface area (Å²) in [7, 11) is 0. The van der Waals surface area contributed by atoms with Crippen LogP contribution in [0.5, 0.6) is 11.6 Å². The molecule has 2 aromatic rings. The Kier molecular flexibility index (Phi) is 5.86. The highest BCUT2D eigenvalue weighted by Gasteiger charge is 2.23. The molecule has 0 unspecified atom stereocenters. The number of aromatic nitrogens is 2. The van der Waals surface area contributed by atoms with Crippen molar-refractivity contribution < 1.29 is 9.84 Å². The largest absolute Gasteiger partial charge is 0.438 e. The van der Waals surface area contributed by atoms with E-state index >= 15 is 0 Å². The highest BCUT2D eigenvalue weighted by atomic mass is 16.5. The number of hydrogen-bond donors (Lipinski definition) is 2. The van der Waals surface area contributed by atoms with Gasteiger partial charge in [0.2, 0.25) is 5.88 Å². The number of rotatable bonds is 8. The minimum Gasteiger partial charge on any atom is -0.438 e. The van der Waals surface area contributed by atoms with Gasteiger partial charge in [0.25, 0.3) is 0 Å². The summed E-state index contributed by atoms with van der Waals surface area (Å²) in [6, 6.07) is 7.83. The Morgan fingerprint density at radius 3 is 2.41 bits per heavy atom. The van der Waals surface area contributed by atoms with Gasteiger partial charge in [0, 0.05) is 24.5 Å². The molecule has 118 valence electrons. The first kappa shape index (κ1) is 16.4. The molecular formula is C17H23N3O2. The fourth-order valence-electron chi connectivity index (χ4n) is 2.20. The fourth-order valence-corrected chi connectivity index (χ4v) is 2.20. The lowest BCUT2D eigenvalue weighted by molar-refractivity contribution is 0.149. The first-order valence-electron chi connectivity index (χ1n) is 7.60. The zero-order chi connectivity index (χ0) is 15.8. The molecule has 0 saturated heterocycles. The number of hydrogen-bond acceptors (Lipinski definition) is 5. The number of aliphatic hydroxyl groups excluding tert-OH is 1. The highest BCUT2D eigenvalue weighted by Crippen LogP contribution is 2.20. The summed E-state index contributed by atoms with van der Waals surface area (Å²) < 4.78 is 5.61. The standard InChI is InChI=1S/C17H23N3O2/c1-3-17(4-2,13-21)20-11-14-5-7-15(8-6-14)22-16-12-18-9-10-19-16/h5-10,12,20-21H,3-4,11,13H2,1-2H3. The maximum atomic E-state index is 9.57. The fraction of sp³-hybridized carbons (Fsp3) is 0.412. The Morgan fingerprint density at radius 2 is 1.86 bits per heavy atom. The molecule has 2 rings (SSSR count). The van der Waals surface area contributed by atoms with Gasteiger partial charge in [0.15, 0.2) is 0 Å². The van der Waals surface area contributed by atoms with Crippen molar-refractivity contribution in [3.8, 4) is 11.6 Å². The summed E-state index contributed by atoms with van der Waals surface area (Å²) >= 11 is 0. The quantitative estimate of drug-likeness (QED) is 0.784. The van der Waals surface area contributed by atoms with Gasteiger partial charge in [-0.25, -0.2) is 4.98 Å². The molecule has 1 aromatic heterocycles. The lowest BCUT2D eigenvalue weighted by Crippen LogP contribution is -2.47. The number of aliphatic hydroxyl groups is 1. The van der Waals surface area contributed by atoms with Gasteiger partial charge in [-0.2, -0.15) is 0 Å². The molecule has 5 nitrogen and oxygen atoms in total. The van der Waals surface area contributed by atoms with Gasteiger partial charge >= 0.3 is 0 Å². The molecule has 0 bridgehead atoms. The molecule has 0 spiro atoms. The predicted molar refractivity (Wildman–Crippen MR) is 85.8 cm³/mol. The third kappa shape index (κ3) is 4.26. The van der Waals surface area contributed by atoms with Crippen LogP contribution in [0.1, 0.15) is 32.3 Å². The monoisotopic (exact) mass is 301 g/mol. The topological polar surface area (TPSA) is 67.3 Å². The third-order valence-corrected chi connectivity index (χ3v) is 4.01. The van der Waals surface area contributed by atoms with Crippen molar-refractivity contribution in [1.29, 1.82) is 0 Å². The van der Waals surface area contributed by atoms with E-state index in [1.165, 1.54) is 0 Å². The van der Waals surface area contributed by atoms with Crippen molar-refractivity contribution in [1.82, 2.24) is 15.3 Å². The second-order valence-corrected chi connectivity index (χ2v) is 5.29. The van der Waals surface area contributed by atoms with Crippen LogP contribution in [0.25, 0.3) is 0 Å². The summed E-state index contributed by atoms with van der Waals surface area (Å²) in [6.07, 6.45) is 6.57. The first-order chi connectivity index (χ1) is 10.7. The van der Waals surface area contributed by atoms with Crippen molar-refractivity contribution in [2.24, 2.45) is 0 Å². The van der Waals surface area contributed by atoms with E-state index < -0.39 is 0 Å². The van der Waals surface area contributed by atoms with Gasteiger partial charge in [-0.1, -0.05) is 26.0 Å². The van der Waals surface area contributed by atoms with E-state index in [2.05, 4.69) is 29.1 Å². The molecule has 0 saturated carbocycles. The van der Waals surface area contributed by atoms with E-state index in [0.29, 0.717) is 12.4 Å². The predicted octanol–water partition coefficient (Wildman–Crippen LogP) is 2.91. The van der Waals surface area contributed by atoms with Crippen LogP contribution in [-0.4, -0.2) is 27.2 Å². The molecule has 0 fully saturated rings. The van der Waals surface area contributed by atoms with Crippen LogP contribution in [0.15, 0.2) is 42.9 Å². The van der Waals surface area contributed by atoms with E-state index in [0.717, 1.165) is 24.2 Å². The average Bonchev–Trinajstić information content (AvgIpc) is 2.59. The van der Waals surface area contributed by atoms with E-state index in [1.807, 2.05) is 24.3 Å². The number of nitrogens with one attached hydrogen (secondary N) is 1. The van der Waals surface area contributed by atoms with Gasteiger partial charge in [0.05, 0.1) is 12.8 Å². The summed E-state index contributed by atoms with van der Waals surface area (Å²) in [6.45, 7) is 5.04. The third-order valence-electron chi connectivity index (χ3n) is 4.01. The molecule has 0 amide bonds. The molecule has 0 aliphatic heterocycles. The Balaban J connectivity index is 1.94. The Bertz CT molecular complexity index is 546. The molecule has 0 aliphatic carbocycles. The van der Waals surface area contributed by atoms with Crippen LogP contribution in [-0.2, 0) is 6.54 Å². The smallest absolute Gasteiger partial charge is 0.237 e. The molecule has 1 aromatic carbocycles.